The number of aryl methyl sites for hydroxylation is 1. The van der Waals surface area contributed by atoms with Crippen molar-refractivity contribution in [2.45, 2.75) is 19.9 Å². The Morgan fingerprint density at radius 1 is 1.15 bits per heavy atom. The number of halogens is 3. The van der Waals surface area contributed by atoms with Crippen molar-refractivity contribution in [3.8, 4) is 0 Å². The highest BCUT2D eigenvalue weighted by Gasteiger charge is 2.22. The molecule has 2 aromatic carbocycles. The second-order valence-corrected chi connectivity index (χ2v) is 5.06. The molecule has 1 N–H and O–H groups in total. The van der Waals surface area contributed by atoms with Gasteiger partial charge in [-0.2, -0.15) is 0 Å². The molecule has 1 atom stereocenters. The second-order valence-electron chi connectivity index (χ2n) is 4.63. The third-order valence-electron chi connectivity index (χ3n) is 3.24. The molecule has 4 heteroatoms. The van der Waals surface area contributed by atoms with Crippen molar-refractivity contribution in [3.05, 3.63) is 69.7 Å². The van der Waals surface area contributed by atoms with E-state index in [2.05, 4.69) is 5.32 Å². The van der Waals surface area contributed by atoms with Gasteiger partial charge in [0.05, 0.1) is 6.04 Å². The zero-order chi connectivity index (χ0) is 14.7. The highest BCUT2D eigenvalue weighted by atomic mass is 35.5. The van der Waals surface area contributed by atoms with E-state index in [1.807, 2.05) is 13.8 Å². The summed E-state index contributed by atoms with van der Waals surface area (Å²) in [6.45, 7) is 4.38. The van der Waals surface area contributed by atoms with Crippen LogP contribution in [0.15, 0.2) is 36.4 Å². The second kappa shape index (κ2) is 6.33. The van der Waals surface area contributed by atoms with Crippen LogP contribution in [0.2, 0.25) is 5.02 Å². The lowest BCUT2D eigenvalue weighted by Crippen LogP contribution is -2.24. The average Bonchev–Trinajstić information content (AvgIpc) is 2.38. The molecule has 0 aromatic heterocycles. The minimum atomic E-state index is -0.551. The lowest BCUT2D eigenvalue weighted by atomic mass is 9.94. The predicted octanol–water partition coefficient (Wildman–Crippen LogP) is 4.63. The summed E-state index contributed by atoms with van der Waals surface area (Å²) in [6.07, 6.45) is 0. The maximum absolute atomic E-state index is 14.0. The number of hydrogen-bond donors (Lipinski definition) is 1. The number of benzene rings is 2. The quantitative estimate of drug-likeness (QED) is 0.867. The Balaban J connectivity index is 2.56. The summed E-state index contributed by atoms with van der Waals surface area (Å²) in [7, 11) is 0. The van der Waals surface area contributed by atoms with Gasteiger partial charge in [0.2, 0.25) is 0 Å². The summed E-state index contributed by atoms with van der Waals surface area (Å²) in [5, 5.41) is 3.74. The van der Waals surface area contributed by atoms with Crippen LogP contribution >= 0.6 is 11.6 Å². The van der Waals surface area contributed by atoms with E-state index in [0.717, 1.165) is 11.1 Å². The van der Waals surface area contributed by atoms with Gasteiger partial charge in [-0.05, 0) is 48.9 Å². The zero-order valence-electron chi connectivity index (χ0n) is 11.4. The largest absolute Gasteiger partial charge is 0.306 e. The van der Waals surface area contributed by atoms with E-state index in [4.69, 9.17) is 11.6 Å². The molecule has 0 heterocycles. The normalized spacial score (nSPS) is 12.4. The van der Waals surface area contributed by atoms with Gasteiger partial charge < -0.3 is 5.32 Å². The summed E-state index contributed by atoms with van der Waals surface area (Å²) in [6, 6.07) is 8.70. The average molecular weight is 296 g/mol. The predicted molar refractivity (Wildman–Crippen MR) is 78.1 cm³/mol. The number of hydrogen-bond acceptors (Lipinski definition) is 1. The van der Waals surface area contributed by atoms with Crippen molar-refractivity contribution in [1.82, 2.24) is 5.32 Å². The molecule has 0 bridgehead atoms. The summed E-state index contributed by atoms with van der Waals surface area (Å²) < 4.78 is 28.0. The maximum atomic E-state index is 14.0. The van der Waals surface area contributed by atoms with Crippen LogP contribution in [0, 0.1) is 18.6 Å². The smallest absolute Gasteiger partial charge is 0.131 e. The Hall–Kier alpha value is -1.45. The fraction of sp³-hybridized carbons (Fsp3) is 0.250. The highest BCUT2D eigenvalue weighted by molar-refractivity contribution is 6.30. The van der Waals surface area contributed by atoms with Crippen LogP contribution in [-0.4, -0.2) is 6.54 Å². The monoisotopic (exact) mass is 295 g/mol. The Labute approximate surface area is 122 Å². The molecule has 106 valence electrons. The number of rotatable bonds is 4. The van der Waals surface area contributed by atoms with Crippen LogP contribution in [0.25, 0.3) is 0 Å². The van der Waals surface area contributed by atoms with Gasteiger partial charge in [-0.25, -0.2) is 8.78 Å². The Kier molecular flexibility index (Phi) is 4.73. The van der Waals surface area contributed by atoms with Crippen molar-refractivity contribution < 1.29 is 8.78 Å². The molecule has 2 aromatic rings. The summed E-state index contributed by atoms with van der Waals surface area (Å²) in [5.74, 6) is -1.10. The van der Waals surface area contributed by atoms with Crippen molar-refractivity contribution >= 4 is 11.6 Å². The fourth-order valence-corrected chi connectivity index (χ4v) is 2.55. The van der Waals surface area contributed by atoms with E-state index >= 15 is 0 Å². The van der Waals surface area contributed by atoms with Gasteiger partial charge in [0.1, 0.15) is 11.6 Å². The van der Waals surface area contributed by atoms with Gasteiger partial charge in [-0.15, -0.1) is 0 Å². The first-order valence-corrected chi connectivity index (χ1v) is 6.85. The molecular formula is C16H16ClF2N. The SMILES string of the molecule is CCNC(c1ccc(Cl)cc1C)c1c(F)cccc1F. The van der Waals surface area contributed by atoms with Gasteiger partial charge in [0, 0.05) is 10.6 Å². The first kappa shape index (κ1) is 14.9. The van der Waals surface area contributed by atoms with Gasteiger partial charge in [-0.1, -0.05) is 30.7 Å². The Morgan fingerprint density at radius 2 is 1.80 bits per heavy atom. The van der Waals surface area contributed by atoms with Crippen LogP contribution in [0.5, 0.6) is 0 Å². The lowest BCUT2D eigenvalue weighted by Gasteiger charge is -2.22. The van der Waals surface area contributed by atoms with Crippen molar-refractivity contribution in [1.29, 1.82) is 0 Å². The van der Waals surface area contributed by atoms with Crippen LogP contribution in [0.4, 0.5) is 8.78 Å². The van der Waals surface area contributed by atoms with E-state index in [9.17, 15) is 8.78 Å². The van der Waals surface area contributed by atoms with E-state index in [0.29, 0.717) is 11.6 Å². The van der Waals surface area contributed by atoms with E-state index in [1.165, 1.54) is 18.2 Å². The summed E-state index contributed by atoms with van der Waals surface area (Å²) >= 11 is 5.94. The molecule has 0 aliphatic carbocycles. The molecule has 0 aliphatic rings. The molecule has 0 fully saturated rings. The Bertz CT molecular complexity index is 593. The van der Waals surface area contributed by atoms with Crippen LogP contribution in [0.1, 0.15) is 29.7 Å². The molecular weight excluding hydrogens is 280 g/mol. The van der Waals surface area contributed by atoms with Crippen molar-refractivity contribution in [3.63, 3.8) is 0 Å². The molecule has 2 rings (SSSR count). The Morgan fingerprint density at radius 3 is 2.35 bits per heavy atom. The molecule has 0 aliphatic heterocycles. The third-order valence-corrected chi connectivity index (χ3v) is 3.47. The summed E-state index contributed by atoms with van der Waals surface area (Å²) in [5.41, 5.74) is 1.76. The van der Waals surface area contributed by atoms with Crippen LogP contribution in [-0.2, 0) is 0 Å². The minimum Gasteiger partial charge on any atom is -0.306 e. The zero-order valence-corrected chi connectivity index (χ0v) is 12.1. The molecule has 1 unspecified atom stereocenters. The number of nitrogens with one attached hydrogen (secondary N) is 1. The molecule has 0 saturated heterocycles. The first-order valence-electron chi connectivity index (χ1n) is 6.48. The van der Waals surface area contributed by atoms with Crippen LogP contribution in [0.3, 0.4) is 0 Å². The fourth-order valence-electron chi connectivity index (χ4n) is 2.32. The first-order chi connectivity index (χ1) is 9.54. The summed E-state index contributed by atoms with van der Waals surface area (Å²) in [4.78, 5) is 0. The van der Waals surface area contributed by atoms with E-state index in [-0.39, 0.29) is 5.56 Å². The van der Waals surface area contributed by atoms with Crippen LogP contribution < -0.4 is 5.32 Å². The minimum absolute atomic E-state index is 0.0415. The molecule has 1 nitrogen and oxygen atoms in total. The van der Waals surface area contributed by atoms with Gasteiger partial charge in [-0.3, -0.25) is 0 Å². The molecule has 0 radical (unpaired) electrons. The highest BCUT2D eigenvalue weighted by Crippen LogP contribution is 2.30. The molecule has 20 heavy (non-hydrogen) atoms. The molecule has 0 spiro atoms. The van der Waals surface area contributed by atoms with E-state index < -0.39 is 17.7 Å². The standard InChI is InChI=1S/C16H16ClF2N/c1-3-20-16(12-8-7-11(17)9-10(12)2)15-13(18)5-4-6-14(15)19/h4-9,16,20H,3H2,1-2H3. The third kappa shape index (κ3) is 3.00. The van der Waals surface area contributed by atoms with Gasteiger partial charge in [0.15, 0.2) is 0 Å². The van der Waals surface area contributed by atoms with E-state index in [1.54, 1.807) is 18.2 Å². The van der Waals surface area contributed by atoms with Gasteiger partial charge in [0.25, 0.3) is 0 Å². The van der Waals surface area contributed by atoms with Crippen molar-refractivity contribution in [2.75, 3.05) is 6.54 Å². The maximum Gasteiger partial charge on any atom is 0.131 e. The van der Waals surface area contributed by atoms with Gasteiger partial charge >= 0.3 is 0 Å². The molecule has 0 saturated carbocycles. The lowest BCUT2D eigenvalue weighted by molar-refractivity contribution is 0.509. The topological polar surface area (TPSA) is 12.0 Å². The van der Waals surface area contributed by atoms with Crippen molar-refractivity contribution in [2.24, 2.45) is 0 Å². The molecule has 0 amide bonds.